The van der Waals surface area contributed by atoms with E-state index in [2.05, 4.69) is 5.32 Å². The van der Waals surface area contributed by atoms with Gasteiger partial charge in [0.15, 0.2) is 0 Å². The van der Waals surface area contributed by atoms with Crippen molar-refractivity contribution in [2.75, 3.05) is 18.0 Å². The topological polar surface area (TPSA) is 58.6 Å². The number of benzene rings is 3. The minimum absolute atomic E-state index is 0.143. The molecule has 0 aromatic heterocycles. The molecular weight excluding hydrogens is 388 g/mol. The SMILES string of the molecule is O=C(NCCc1ccccc1)C1CCN(c2ccc(OCc3ccccc3)cc2)C1=O. The number of amides is 2. The van der Waals surface area contributed by atoms with Crippen LogP contribution in [0.15, 0.2) is 84.9 Å². The molecule has 0 radical (unpaired) electrons. The fourth-order valence-electron chi connectivity index (χ4n) is 3.74. The molecule has 1 fully saturated rings. The van der Waals surface area contributed by atoms with Gasteiger partial charge in [0.25, 0.3) is 0 Å². The number of carbonyl (C=O) groups is 2. The summed E-state index contributed by atoms with van der Waals surface area (Å²) in [4.78, 5) is 27.0. The maximum absolute atomic E-state index is 12.8. The summed E-state index contributed by atoms with van der Waals surface area (Å²) in [6.07, 6.45) is 1.28. The van der Waals surface area contributed by atoms with E-state index >= 15 is 0 Å². The summed E-state index contributed by atoms with van der Waals surface area (Å²) in [6.45, 7) is 1.56. The molecule has 0 saturated carbocycles. The number of nitrogens with one attached hydrogen (secondary N) is 1. The smallest absolute Gasteiger partial charge is 0.239 e. The van der Waals surface area contributed by atoms with E-state index in [1.807, 2.05) is 84.9 Å². The number of rotatable bonds is 8. The van der Waals surface area contributed by atoms with Crippen LogP contribution in [0.4, 0.5) is 5.69 Å². The number of hydrogen-bond donors (Lipinski definition) is 1. The first-order valence-corrected chi connectivity index (χ1v) is 10.6. The second-order valence-corrected chi connectivity index (χ2v) is 7.63. The minimum atomic E-state index is -0.621. The fourth-order valence-corrected chi connectivity index (χ4v) is 3.74. The molecule has 158 valence electrons. The third-order valence-corrected chi connectivity index (χ3v) is 5.47. The molecule has 1 saturated heterocycles. The number of carbonyl (C=O) groups excluding carboxylic acids is 2. The predicted molar refractivity (Wildman–Crippen MR) is 121 cm³/mol. The molecule has 31 heavy (non-hydrogen) atoms. The van der Waals surface area contributed by atoms with E-state index in [1.54, 1.807) is 4.90 Å². The Labute approximate surface area is 182 Å². The van der Waals surface area contributed by atoms with Crippen molar-refractivity contribution in [3.05, 3.63) is 96.1 Å². The molecule has 1 atom stereocenters. The van der Waals surface area contributed by atoms with Crippen molar-refractivity contribution in [3.8, 4) is 5.75 Å². The Hall–Kier alpha value is -3.60. The maximum Gasteiger partial charge on any atom is 0.239 e. The highest BCUT2D eigenvalue weighted by atomic mass is 16.5. The van der Waals surface area contributed by atoms with Crippen molar-refractivity contribution in [3.63, 3.8) is 0 Å². The average Bonchev–Trinajstić information content (AvgIpc) is 3.21. The van der Waals surface area contributed by atoms with Gasteiger partial charge in [0.1, 0.15) is 18.3 Å². The lowest BCUT2D eigenvalue weighted by Gasteiger charge is -2.17. The molecule has 1 heterocycles. The third kappa shape index (κ3) is 5.31. The lowest BCUT2D eigenvalue weighted by molar-refractivity contribution is -0.132. The zero-order valence-electron chi connectivity index (χ0n) is 17.4. The Bertz CT molecular complexity index is 1000. The minimum Gasteiger partial charge on any atom is -0.489 e. The molecule has 5 heteroatoms. The number of nitrogens with zero attached hydrogens (tertiary/aromatic N) is 1. The van der Waals surface area contributed by atoms with Crippen LogP contribution < -0.4 is 15.0 Å². The molecule has 3 aromatic carbocycles. The molecule has 1 N–H and O–H groups in total. The summed E-state index contributed by atoms with van der Waals surface area (Å²) < 4.78 is 5.81. The van der Waals surface area contributed by atoms with Gasteiger partial charge in [-0.15, -0.1) is 0 Å². The Balaban J connectivity index is 1.28. The molecule has 4 rings (SSSR count). The number of hydrogen-bond acceptors (Lipinski definition) is 3. The standard InChI is InChI=1S/C26H26N2O3/c29-25(27-17-15-20-7-3-1-4-8-20)24-16-18-28(26(24)30)22-11-13-23(14-12-22)31-19-21-9-5-2-6-10-21/h1-14,24H,15-19H2,(H,27,29). The largest absolute Gasteiger partial charge is 0.489 e. The van der Waals surface area contributed by atoms with Crippen molar-refractivity contribution >= 4 is 17.5 Å². The summed E-state index contributed by atoms with van der Waals surface area (Å²) in [7, 11) is 0. The van der Waals surface area contributed by atoms with Gasteiger partial charge in [0.05, 0.1) is 0 Å². The molecule has 0 bridgehead atoms. The van der Waals surface area contributed by atoms with Crippen LogP contribution in [0.5, 0.6) is 5.75 Å². The van der Waals surface area contributed by atoms with Crippen LogP contribution in [0.25, 0.3) is 0 Å². The summed E-state index contributed by atoms with van der Waals surface area (Å²) in [5, 5.41) is 2.91. The highest BCUT2D eigenvalue weighted by Crippen LogP contribution is 2.27. The normalized spacial score (nSPS) is 15.7. The van der Waals surface area contributed by atoms with Gasteiger partial charge in [0.2, 0.25) is 11.8 Å². The first-order valence-electron chi connectivity index (χ1n) is 10.6. The summed E-state index contributed by atoms with van der Waals surface area (Å²) >= 11 is 0. The molecular formula is C26H26N2O3. The lowest BCUT2D eigenvalue weighted by atomic mass is 10.1. The third-order valence-electron chi connectivity index (χ3n) is 5.47. The Morgan fingerprint density at radius 2 is 1.55 bits per heavy atom. The van der Waals surface area contributed by atoms with E-state index in [0.29, 0.717) is 26.1 Å². The molecule has 2 amide bonds. The monoisotopic (exact) mass is 414 g/mol. The second-order valence-electron chi connectivity index (χ2n) is 7.63. The van der Waals surface area contributed by atoms with E-state index in [-0.39, 0.29) is 11.8 Å². The zero-order chi connectivity index (χ0) is 21.5. The Morgan fingerprint density at radius 1 is 0.903 bits per heavy atom. The Kier molecular flexibility index (Phi) is 6.62. The van der Waals surface area contributed by atoms with E-state index in [1.165, 1.54) is 0 Å². The molecule has 1 aliphatic rings. The second kappa shape index (κ2) is 9.94. The van der Waals surface area contributed by atoms with Crippen LogP contribution in [0, 0.1) is 5.92 Å². The van der Waals surface area contributed by atoms with Gasteiger partial charge in [-0.1, -0.05) is 60.7 Å². The lowest BCUT2D eigenvalue weighted by Crippen LogP contribution is -2.37. The van der Waals surface area contributed by atoms with Crippen molar-refractivity contribution in [2.24, 2.45) is 5.92 Å². The molecule has 3 aromatic rings. The van der Waals surface area contributed by atoms with E-state index in [4.69, 9.17) is 4.74 Å². The number of ether oxygens (including phenoxy) is 1. The van der Waals surface area contributed by atoms with E-state index in [0.717, 1.165) is 29.0 Å². The van der Waals surface area contributed by atoms with Crippen molar-refractivity contribution in [1.82, 2.24) is 5.32 Å². The molecule has 0 spiro atoms. The van der Waals surface area contributed by atoms with Gasteiger partial charge >= 0.3 is 0 Å². The van der Waals surface area contributed by atoms with Crippen LogP contribution in [0.3, 0.4) is 0 Å². The number of anilines is 1. The van der Waals surface area contributed by atoms with Gasteiger partial charge in [-0.3, -0.25) is 9.59 Å². The van der Waals surface area contributed by atoms with Crippen LogP contribution in [0.2, 0.25) is 0 Å². The summed E-state index contributed by atoms with van der Waals surface area (Å²) in [5.74, 6) is -0.208. The molecule has 1 aliphatic heterocycles. The van der Waals surface area contributed by atoms with Gasteiger partial charge in [-0.2, -0.15) is 0 Å². The highest BCUT2D eigenvalue weighted by Gasteiger charge is 2.37. The van der Waals surface area contributed by atoms with Gasteiger partial charge in [-0.25, -0.2) is 0 Å². The Morgan fingerprint density at radius 3 is 2.23 bits per heavy atom. The average molecular weight is 415 g/mol. The quantitative estimate of drug-likeness (QED) is 0.568. The fraction of sp³-hybridized carbons (Fsp3) is 0.231. The first-order chi connectivity index (χ1) is 15.2. The van der Waals surface area contributed by atoms with Crippen molar-refractivity contribution in [1.29, 1.82) is 0 Å². The van der Waals surface area contributed by atoms with Crippen LogP contribution in [-0.2, 0) is 22.6 Å². The summed E-state index contributed by atoms with van der Waals surface area (Å²) in [5.41, 5.74) is 3.05. The van der Waals surface area contributed by atoms with E-state index in [9.17, 15) is 9.59 Å². The van der Waals surface area contributed by atoms with Gasteiger partial charge < -0.3 is 15.0 Å². The van der Waals surface area contributed by atoms with Gasteiger partial charge in [-0.05, 0) is 48.2 Å². The highest BCUT2D eigenvalue weighted by molar-refractivity contribution is 6.09. The molecule has 5 nitrogen and oxygen atoms in total. The van der Waals surface area contributed by atoms with E-state index < -0.39 is 5.92 Å². The molecule has 0 aliphatic carbocycles. The van der Waals surface area contributed by atoms with Gasteiger partial charge in [0, 0.05) is 18.8 Å². The van der Waals surface area contributed by atoms with Crippen molar-refractivity contribution in [2.45, 2.75) is 19.4 Å². The van der Waals surface area contributed by atoms with Crippen molar-refractivity contribution < 1.29 is 14.3 Å². The van der Waals surface area contributed by atoms with Crippen LogP contribution in [0.1, 0.15) is 17.5 Å². The van der Waals surface area contributed by atoms with Crippen LogP contribution >= 0.6 is 0 Å². The maximum atomic E-state index is 12.8. The summed E-state index contributed by atoms with van der Waals surface area (Å²) in [6, 6.07) is 27.4. The predicted octanol–water partition coefficient (Wildman–Crippen LogP) is 3.98. The molecule has 1 unspecified atom stereocenters. The first kappa shape index (κ1) is 20.7. The van der Waals surface area contributed by atoms with Crippen LogP contribution in [-0.4, -0.2) is 24.9 Å². The zero-order valence-corrected chi connectivity index (χ0v) is 17.4.